The molecule has 0 saturated carbocycles. The van der Waals surface area contributed by atoms with Gasteiger partial charge in [-0.2, -0.15) is 5.10 Å². The van der Waals surface area contributed by atoms with E-state index in [0.29, 0.717) is 28.2 Å². The van der Waals surface area contributed by atoms with Crippen molar-refractivity contribution in [1.29, 1.82) is 0 Å². The summed E-state index contributed by atoms with van der Waals surface area (Å²) in [7, 11) is 0. The van der Waals surface area contributed by atoms with E-state index in [9.17, 15) is 13.9 Å². The van der Waals surface area contributed by atoms with Gasteiger partial charge in [0.2, 0.25) is 0 Å². The lowest BCUT2D eigenvalue weighted by atomic mass is 10.2. The highest BCUT2D eigenvalue weighted by molar-refractivity contribution is 5.63. The van der Waals surface area contributed by atoms with Gasteiger partial charge < -0.3 is 20.7 Å². The Morgan fingerprint density at radius 3 is 2.66 bits per heavy atom. The summed E-state index contributed by atoms with van der Waals surface area (Å²) in [6.07, 6.45) is 2.46. The smallest absolute Gasteiger partial charge is 0.183 e. The minimum atomic E-state index is -0.657. The number of hydrogen-bond acceptors (Lipinski definition) is 8. The molecule has 0 aliphatic carbocycles. The zero-order chi connectivity index (χ0) is 24.4. The van der Waals surface area contributed by atoms with Gasteiger partial charge in [0, 0.05) is 18.2 Å². The summed E-state index contributed by atoms with van der Waals surface area (Å²) in [6.45, 7) is 0.314. The number of halogens is 2. The number of anilines is 2. The van der Waals surface area contributed by atoms with E-state index in [-0.39, 0.29) is 42.0 Å². The third-order valence-corrected chi connectivity index (χ3v) is 5.29. The molecule has 3 aromatic heterocycles. The van der Waals surface area contributed by atoms with Crippen molar-refractivity contribution in [3.8, 4) is 28.7 Å². The Morgan fingerprint density at radius 1 is 1.03 bits per heavy atom. The second-order valence-corrected chi connectivity index (χ2v) is 7.69. The first kappa shape index (κ1) is 22.0. The largest absolute Gasteiger partial charge is 0.506 e. The highest BCUT2D eigenvalue weighted by Gasteiger charge is 2.18. The molecule has 11 heteroatoms. The van der Waals surface area contributed by atoms with Crippen LogP contribution in [0.4, 0.5) is 20.3 Å². The zero-order valence-corrected chi connectivity index (χ0v) is 18.2. The fourth-order valence-electron chi connectivity index (χ4n) is 3.48. The van der Waals surface area contributed by atoms with E-state index in [0.717, 1.165) is 6.20 Å². The Morgan fingerprint density at radius 2 is 1.89 bits per heavy atom. The summed E-state index contributed by atoms with van der Waals surface area (Å²) in [5.41, 5.74) is 8.36. The number of aromatic nitrogens is 5. The van der Waals surface area contributed by atoms with E-state index in [1.807, 2.05) is 0 Å². The molecule has 9 nitrogen and oxygen atoms in total. The lowest BCUT2D eigenvalue weighted by Crippen LogP contribution is -2.07. The number of nitrogens with two attached hydrogens (primary N) is 1. The molecule has 4 N–H and O–H groups in total. The Bertz CT molecular complexity index is 1490. The lowest BCUT2D eigenvalue weighted by Gasteiger charge is -2.09. The highest BCUT2D eigenvalue weighted by Crippen LogP contribution is 2.26. The molecule has 0 unspecified atom stereocenters. The number of hydrogen-bond donors (Lipinski definition) is 3. The fraction of sp³-hybridized carbons (Fsp3) is 0.0833. The molecule has 0 aliphatic heterocycles. The van der Waals surface area contributed by atoms with Crippen LogP contribution in [0.3, 0.4) is 0 Å². The summed E-state index contributed by atoms with van der Waals surface area (Å²) < 4.78 is 35.2. The number of aromatic hydroxyl groups is 1. The van der Waals surface area contributed by atoms with Gasteiger partial charge in [-0.25, -0.2) is 18.7 Å². The first-order valence-electron chi connectivity index (χ1n) is 10.5. The highest BCUT2D eigenvalue weighted by atomic mass is 19.1. The minimum Gasteiger partial charge on any atom is -0.506 e. The second-order valence-electron chi connectivity index (χ2n) is 7.69. The van der Waals surface area contributed by atoms with Crippen molar-refractivity contribution in [3.05, 3.63) is 89.8 Å². The summed E-state index contributed by atoms with van der Waals surface area (Å²) in [5, 5.41) is 21.2. The van der Waals surface area contributed by atoms with Crippen LogP contribution >= 0.6 is 0 Å². The molecule has 5 aromatic rings. The normalized spacial score (nSPS) is 11.0. The van der Waals surface area contributed by atoms with Crippen LogP contribution in [-0.4, -0.2) is 30.0 Å². The molecule has 0 fully saturated rings. The Labute approximate surface area is 197 Å². The van der Waals surface area contributed by atoms with Crippen molar-refractivity contribution >= 4 is 11.5 Å². The van der Waals surface area contributed by atoms with Gasteiger partial charge in [0.1, 0.15) is 29.2 Å². The van der Waals surface area contributed by atoms with Crippen molar-refractivity contribution < 1.29 is 18.4 Å². The SMILES string of the molecule is Nc1ccc(CNc2nc(-c3cc(-c4ccon4)n(Cc4ccccc4F)n3)ncc2F)cc1O. The van der Waals surface area contributed by atoms with Gasteiger partial charge >= 0.3 is 0 Å². The van der Waals surface area contributed by atoms with Crippen LogP contribution in [-0.2, 0) is 13.1 Å². The summed E-state index contributed by atoms with van der Waals surface area (Å²) in [5.74, 6) is -0.970. The van der Waals surface area contributed by atoms with Crippen molar-refractivity contribution in [2.75, 3.05) is 11.1 Å². The van der Waals surface area contributed by atoms with Crippen molar-refractivity contribution in [2.45, 2.75) is 13.1 Å². The standard InChI is InChI=1S/C24H19F2N7O2/c25-16-4-2-1-3-15(16)13-33-21(19-7-8-35-32-19)10-20(31-33)24-29-12-17(26)23(30-24)28-11-14-5-6-18(27)22(34)9-14/h1-10,12,34H,11,13,27H2,(H,28,29,30). The molecule has 3 heterocycles. The van der Waals surface area contributed by atoms with Gasteiger partial charge in [-0.1, -0.05) is 29.4 Å². The van der Waals surface area contributed by atoms with Crippen molar-refractivity contribution in [3.63, 3.8) is 0 Å². The van der Waals surface area contributed by atoms with Gasteiger partial charge in [-0.3, -0.25) is 4.68 Å². The molecular weight excluding hydrogens is 456 g/mol. The number of phenols is 1. The predicted molar refractivity (Wildman–Crippen MR) is 124 cm³/mol. The molecule has 2 aromatic carbocycles. The van der Waals surface area contributed by atoms with Crippen molar-refractivity contribution in [2.24, 2.45) is 0 Å². The van der Waals surface area contributed by atoms with Crippen LogP contribution in [0.15, 0.2) is 71.6 Å². The maximum Gasteiger partial charge on any atom is 0.183 e. The van der Waals surface area contributed by atoms with Gasteiger partial charge in [0.05, 0.1) is 24.1 Å². The van der Waals surface area contributed by atoms with Crippen molar-refractivity contribution in [1.82, 2.24) is 24.9 Å². The van der Waals surface area contributed by atoms with Crippen LogP contribution in [0.2, 0.25) is 0 Å². The van der Waals surface area contributed by atoms with E-state index in [1.54, 1.807) is 47.1 Å². The monoisotopic (exact) mass is 475 g/mol. The van der Waals surface area contributed by atoms with Crippen LogP contribution < -0.4 is 11.1 Å². The molecule has 0 saturated heterocycles. The molecule has 0 amide bonds. The Kier molecular flexibility index (Phi) is 5.80. The average molecular weight is 475 g/mol. The van der Waals surface area contributed by atoms with Gasteiger partial charge in [-0.15, -0.1) is 0 Å². The maximum atomic E-state index is 14.4. The van der Waals surface area contributed by atoms with E-state index in [1.165, 1.54) is 18.4 Å². The van der Waals surface area contributed by atoms with Gasteiger partial charge in [0.15, 0.2) is 17.5 Å². The number of nitrogen functional groups attached to an aromatic ring is 1. The number of phenolic OH excluding ortho intramolecular Hbond substituents is 1. The van der Waals surface area contributed by atoms with E-state index < -0.39 is 5.82 Å². The second kappa shape index (κ2) is 9.21. The lowest BCUT2D eigenvalue weighted by molar-refractivity contribution is 0.421. The van der Waals surface area contributed by atoms with E-state index in [4.69, 9.17) is 10.3 Å². The molecule has 0 spiro atoms. The molecule has 0 atom stereocenters. The van der Waals surface area contributed by atoms with Crippen LogP contribution in [0.1, 0.15) is 11.1 Å². The summed E-state index contributed by atoms with van der Waals surface area (Å²) in [6, 6.07) is 14.5. The topological polar surface area (TPSA) is 128 Å². The summed E-state index contributed by atoms with van der Waals surface area (Å²) >= 11 is 0. The summed E-state index contributed by atoms with van der Waals surface area (Å²) in [4.78, 5) is 8.35. The first-order valence-corrected chi connectivity index (χ1v) is 10.5. The third kappa shape index (κ3) is 4.64. The van der Waals surface area contributed by atoms with Gasteiger partial charge in [0.25, 0.3) is 0 Å². The predicted octanol–water partition coefficient (Wildman–Crippen LogP) is 4.22. The average Bonchev–Trinajstić information content (AvgIpc) is 3.52. The van der Waals surface area contributed by atoms with Gasteiger partial charge in [-0.05, 0) is 29.8 Å². The Hall–Kier alpha value is -4.80. The quantitative estimate of drug-likeness (QED) is 0.236. The molecule has 5 rings (SSSR count). The van der Waals surface area contributed by atoms with E-state index >= 15 is 0 Å². The number of rotatable bonds is 7. The first-order chi connectivity index (χ1) is 17.0. The van der Waals surface area contributed by atoms with E-state index in [2.05, 4.69) is 25.5 Å². The third-order valence-electron chi connectivity index (χ3n) is 5.29. The minimum absolute atomic E-state index is 0.0436. The number of nitrogens with one attached hydrogen (secondary N) is 1. The van der Waals surface area contributed by atoms with Crippen LogP contribution in [0.5, 0.6) is 5.75 Å². The molecule has 35 heavy (non-hydrogen) atoms. The molecule has 176 valence electrons. The molecule has 0 aliphatic rings. The number of nitrogens with zero attached hydrogens (tertiary/aromatic N) is 5. The van der Waals surface area contributed by atoms with Crippen LogP contribution in [0.25, 0.3) is 22.9 Å². The van der Waals surface area contributed by atoms with Crippen LogP contribution in [0, 0.1) is 11.6 Å². The fourth-order valence-corrected chi connectivity index (χ4v) is 3.48. The zero-order valence-electron chi connectivity index (χ0n) is 18.2. The molecule has 0 bridgehead atoms. The Balaban J connectivity index is 1.46. The maximum absolute atomic E-state index is 14.4. The molecule has 0 radical (unpaired) electrons. The number of benzene rings is 2. The molecular formula is C24H19F2N7O2.